The first-order valence-corrected chi connectivity index (χ1v) is 34.3. The van der Waals surface area contributed by atoms with E-state index < -0.39 is 126 Å². The highest BCUT2D eigenvalue weighted by atomic mass is 16.3. The van der Waals surface area contributed by atoms with E-state index in [1.807, 2.05) is 27.7 Å². The van der Waals surface area contributed by atoms with Gasteiger partial charge in [-0.25, -0.2) is 4.98 Å². The number of carbonyl (C=O) groups excluding carboxylic acids is 11. The number of hydrogen-bond donors (Lipinski definition) is 18. The first-order chi connectivity index (χ1) is 48.4. The topological polar surface area (TPSA) is 522 Å². The molecule has 35 nitrogen and oxygen atoms in total. The summed E-state index contributed by atoms with van der Waals surface area (Å²) in [5.41, 5.74) is 7.15. The number of aliphatic hydroxyl groups excluding tert-OH is 1. The summed E-state index contributed by atoms with van der Waals surface area (Å²) in [5.74, 6) is -8.04. The van der Waals surface area contributed by atoms with Gasteiger partial charge in [0.15, 0.2) is 12.4 Å². The number of fused-ring (bicyclic) bond motifs is 1. The fourth-order valence-electron chi connectivity index (χ4n) is 11.5. The number of nitrogens with zero attached hydrogens (tertiary/aromatic N) is 6. The first kappa shape index (κ1) is 81.3. The molecule has 0 bridgehead atoms. The number of nitrogens with one attached hydrogen (secondary N) is 16. The number of amides is 11. The molecule has 552 valence electrons. The third kappa shape index (κ3) is 27.0. The lowest BCUT2D eigenvalue weighted by atomic mass is 10.00. The van der Waals surface area contributed by atoms with Crippen molar-refractivity contribution in [1.82, 2.24) is 94.3 Å². The van der Waals surface area contributed by atoms with Gasteiger partial charge in [0.05, 0.1) is 12.9 Å². The number of likely N-dealkylation sites (tertiary alicyclic amines) is 1. The number of rotatable bonds is 41. The molecule has 101 heavy (non-hydrogen) atoms. The van der Waals surface area contributed by atoms with E-state index in [4.69, 9.17) is 5.73 Å². The molecule has 0 spiro atoms. The molecule has 0 aliphatic carbocycles. The van der Waals surface area contributed by atoms with Crippen molar-refractivity contribution < 1.29 is 57.8 Å². The average Bonchev–Trinajstić information content (AvgIpc) is 1.70. The fourth-order valence-corrected chi connectivity index (χ4v) is 11.5. The molecular weight excluding hydrogens is 1310 g/mol. The van der Waals surface area contributed by atoms with Gasteiger partial charge in [-0.15, -0.1) is 0 Å². The minimum Gasteiger partial charge on any atom is -0.394 e. The Labute approximate surface area is 587 Å². The molecule has 2 saturated heterocycles. The van der Waals surface area contributed by atoms with Crippen LogP contribution in [0.3, 0.4) is 0 Å². The second kappa shape index (κ2) is 42.5. The van der Waals surface area contributed by atoms with E-state index >= 15 is 0 Å². The Kier molecular flexibility index (Phi) is 34.2. The van der Waals surface area contributed by atoms with Gasteiger partial charge in [-0.2, -0.15) is 10.5 Å². The monoisotopic (exact) mass is 1410 g/mol. The molecular formula is C66H101N23O12. The molecule has 0 unspecified atom stereocenters. The number of aromatic amines is 2. The highest BCUT2D eigenvalue weighted by Crippen LogP contribution is 2.23. The third-order valence-electron chi connectivity index (χ3n) is 17.0. The number of aromatic nitrogens is 3. The van der Waals surface area contributed by atoms with Crippen molar-refractivity contribution in [3.8, 4) is 12.4 Å². The van der Waals surface area contributed by atoms with E-state index in [0.717, 1.165) is 0 Å². The highest BCUT2D eigenvalue weighted by Gasteiger charge is 2.40. The van der Waals surface area contributed by atoms with Crippen LogP contribution >= 0.6 is 0 Å². The van der Waals surface area contributed by atoms with Crippen LogP contribution in [0.4, 0.5) is 0 Å². The number of hydrogen-bond acceptors (Lipinski definition) is 18. The van der Waals surface area contributed by atoms with Gasteiger partial charge >= 0.3 is 0 Å². The lowest BCUT2D eigenvalue weighted by molar-refractivity contribution is -0.142. The summed E-state index contributed by atoms with van der Waals surface area (Å²) >= 11 is 0. The third-order valence-corrected chi connectivity index (χ3v) is 17.0. The van der Waals surface area contributed by atoms with Crippen molar-refractivity contribution >= 4 is 87.8 Å². The van der Waals surface area contributed by atoms with Gasteiger partial charge in [0, 0.05) is 88.0 Å². The number of carbonyl (C=O) groups is 11. The Morgan fingerprint density at radius 3 is 1.73 bits per heavy atom. The number of imidazole rings is 1. The van der Waals surface area contributed by atoms with Gasteiger partial charge in [-0.05, 0) is 114 Å². The predicted molar refractivity (Wildman–Crippen MR) is 372 cm³/mol. The van der Waals surface area contributed by atoms with Crippen molar-refractivity contribution in [3.63, 3.8) is 0 Å². The number of unbranched alkanes of at least 4 members (excludes halogenated alkanes) is 3. The largest absolute Gasteiger partial charge is 0.394 e. The fraction of sp³-hybridized carbons (Fsp3) is 0.606. The van der Waals surface area contributed by atoms with Crippen LogP contribution in [0.15, 0.2) is 53.0 Å². The number of aliphatic imine (C=N–C) groups is 2. The molecule has 5 rings (SSSR count). The zero-order valence-corrected chi connectivity index (χ0v) is 58.5. The second-order valence-corrected chi connectivity index (χ2v) is 25.6. The Bertz CT molecular complexity index is 3420. The zero-order chi connectivity index (χ0) is 74.0. The number of primary amides is 1. The minimum absolute atomic E-state index is 0.0530. The van der Waals surface area contributed by atoms with Crippen LogP contribution in [0.2, 0.25) is 0 Å². The Hall–Kier alpha value is -10.4. The van der Waals surface area contributed by atoms with Crippen molar-refractivity contribution in [1.29, 1.82) is 10.5 Å². The summed E-state index contributed by atoms with van der Waals surface area (Å²) in [6.45, 7) is 9.30. The van der Waals surface area contributed by atoms with E-state index in [9.17, 15) is 68.4 Å². The molecule has 4 heterocycles. The molecule has 10 atom stereocenters. The van der Waals surface area contributed by atoms with Crippen molar-refractivity contribution in [3.05, 3.63) is 54.2 Å². The normalized spacial score (nSPS) is 16.9. The van der Waals surface area contributed by atoms with Crippen molar-refractivity contribution in [2.24, 2.45) is 21.6 Å². The summed E-state index contributed by atoms with van der Waals surface area (Å²) < 4.78 is 0. The molecule has 0 saturated carbocycles. The maximum atomic E-state index is 15.0. The molecule has 1 aromatic carbocycles. The maximum Gasteiger partial charge on any atom is 0.245 e. The Morgan fingerprint density at radius 2 is 1.19 bits per heavy atom. The van der Waals surface area contributed by atoms with E-state index in [2.05, 4.69) is 99.4 Å². The minimum atomic E-state index is -1.78. The number of H-pyrrole nitrogens is 2. The van der Waals surface area contributed by atoms with Gasteiger partial charge < -0.3 is 89.5 Å². The van der Waals surface area contributed by atoms with Gasteiger partial charge in [-0.1, -0.05) is 45.9 Å². The summed E-state index contributed by atoms with van der Waals surface area (Å²) in [5, 5.41) is 68.4. The van der Waals surface area contributed by atoms with E-state index in [-0.39, 0.29) is 120 Å². The Balaban J connectivity index is 1.45. The lowest BCUT2D eigenvalue weighted by Gasteiger charge is -2.31. The van der Waals surface area contributed by atoms with Crippen LogP contribution in [0.5, 0.6) is 0 Å². The Morgan fingerprint density at radius 1 is 0.653 bits per heavy atom. The van der Waals surface area contributed by atoms with Gasteiger partial charge in [0.1, 0.15) is 60.4 Å². The molecule has 2 fully saturated rings. The molecule has 2 aliphatic rings. The van der Waals surface area contributed by atoms with Crippen molar-refractivity contribution in [2.45, 2.75) is 204 Å². The van der Waals surface area contributed by atoms with Gasteiger partial charge in [-0.3, -0.25) is 73.4 Å². The summed E-state index contributed by atoms with van der Waals surface area (Å²) in [4.78, 5) is 174. The first-order valence-electron chi connectivity index (χ1n) is 34.3. The molecule has 2 aliphatic heterocycles. The maximum absolute atomic E-state index is 15.0. The number of para-hydroxylation sites is 1. The number of benzene rings is 1. The van der Waals surface area contributed by atoms with Crippen LogP contribution in [0, 0.1) is 28.8 Å². The molecule has 2 aromatic heterocycles. The summed E-state index contributed by atoms with van der Waals surface area (Å²) in [7, 11) is 2.92. The quantitative estimate of drug-likeness (QED) is 0.00895. The number of nitriles is 2. The number of nitrogens with two attached hydrogens (primary N) is 1. The van der Waals surface area contributed by atoms with Crippen molar-refractivity contribution in [2.75, 3.05) is 46.9 Å². The summed E-state index contributed by atoms with van der Waals surface area (Å²) in [6, 6.07) is -5.53. The number of aliphatic hydroxyl groups is 1. The van der Waals surface area contributed by atoms with Crippen LogP contribution in [0.25, 0.3) is 10.9 Å². The zero-order valence-electron chi connectivity index (χ0n) is 58.5. The molecule has 11 amide bonds. The summed E-state index contributed by atoms with van der Waals surface area (Å²) in [6.07, 6.45) is 11.0. The predicted octanol–water partition coefficient (Wildman–Crippen LogP) is -2.83. The molecule has 35 heteroatoms. The van der Waals surface area contributed by atoms with Crippen LogP contribution < -0.4 is 80.2 Å². The van der Waals surface area contributed by atoms with E-state index in [0.29, 0.717) is 60.8 Å². The number of guanidine groups is 2. The van der Waals surface area contributed by atoms with E-state index in [1.54, 1.807) is 42.8 Å². The molecule has 19 N–H and O–H groups in total. The smallest absolute Gasteiger partial charge is 0.245 e. The highest BCUT2D eigenvalue weighted by molar-refractivity contribution is 6.00. The molecule has 3 aromatic rings. The van der Waals surface area contributed by atoms with Crippen LogP contribution in [0.1, 0.15) is 136 Å². The van der Waals surface area contributed by atoms with Gasteiger partial charge in [0.25, 0.3) is 0 Å². The van der Waals surface area contributed by atoms with Crippen LogP contribution in [-0.2, 0) is 65.6 Å². The van der Waals surface area contributed by atoms with Crippen LogP contribution in [-0.4, -0.2) is 215 Å². The van der Waals surface area contributed by atoms with E-state index in [1.165, 1.54) is 38.4 Å². The van der Waals surface area contributed by atoms with Gasteiger partial charge in [0.2, 0.25) is 76.9 Å². The lowest BCUT2D eigenvalue weighted by Crippen LogP contribution is -2.61. The second-order valence-electron chi connectivity index (χ2n) is 25.6. The SMILES string of the molecule is CN=C(NC#N)NCCCC[C@H](NC(=O)[C@H](CO)NC(=O)[C@H](Cc1c[nH]c2ccccc12)NC(=O)[C@H](Cc1cnc[nH]1)NC(=O)[C@@H]1CCC(=O)N1)C(=O)N[C@H](CCCCNC(=NC)NC#N)C(=O)N[C@@H](CC(C)C)C(=O)N[C@@H](CCCCNC(C)C)C(=O)N1CCC[C@H]1C(=O)N[C@H](C)C(N)=O. The molecule has 0 radical (unpaired) electrons. The standard InChI is InChI=1S/C66H101N23O12/c1-38(2)29-49(59(96)84-48(21-12-13-25-73-39(3)4)64(101)89-28-16-22-53(89)63(100)80-40(5)55(69)92)85-57(94)46(20-11-15-27-75-66(71-7)78-36-68)82-56(93)45(19-10-14-26-74-65(70-6)77-35-67)83-62(99)52(34-90)88-60(97)50(30-41-32-76-44-18-9-8-17-43(41)44)86-61(98)51(31-42-33-72-37-79-42)87-58(95)47-23-24-54(91)81-47/h8-9,17-18,32-33,37-40,45-53,73,76,90H,10-16,19-31,34H2,1-7H3,(H2,69,92)(H,72,79)(H,80,100)(H,81,91)(H,82,93)(H,83,99)(H,84,96)(H,85,94)(H,86,98)(H,87,95)(H,88,97)(H2,70,74,77)(H2,71,75,78)/t40-,45+,46-,47+,48+,49+,50+,51+,52+,53+/m1/s1. The average molecular weight is 1410 g/mol.